The van der Waals surface area contributed by atoms with Crippen LogP contribution in [0.1, 0.15) is 31.2 Å². The minimum Gasteiger partial charge on any atom is -0.493 e. The molecule has 0 radical (unpaired) electrons. The van der Waals surface area contributed by atoms with E-state index in [1.54, 1.807) is 13.2 Å². The summed E-state index contributed by atoms with van der Waals surface area (Å²) in [6, 6.07) is 3.63. The molecule has 0 aliphatic heterocycles. The van der Waals surface area contributed by atoms with Gasteiger partial charge in [-0.2, -0.15) is 0 Å². The predicted molar refractivity (Wildman–Crippen MR) is 71.7 cm³/mol. The number of methoxy groups -OCH3 is 1. The highest BCUT2D eigenvalue weighted by molar-refractivity contribution is 6.31. The van der Waals surface area contributed by atoms with Crippen molar-refractivity contribution in [3.05, 3.63) is 22.7 Å². The smallest absolute Gasteiger partial charge is 0.162 e. The number of hydrogen-bond acceptors (Lipinski definition) is 3. The summed E-state index contributed by atoms with van der Waals surface area (Å²) < 4.78 is 11.1. The Morgan fingerprint density at radius 3 is 2.67 bits per heavy atom. The van der Waals surface area contributed by atoms with Gasteiger partial charge in [-0.3, -0.25) is 0 Å². The van der Waals surface area contributed by atoms with Crippen LogP contribution in [0.2, 0.25) is 5.02 Å². The standard InChI is InChI=1S/C14H19ClO3/c1-9(7-16)11-5-13(17-2)14(6-12(11)15)18-8-10-3-4-10/h5-6,9-10,16H,3-4,7-8H2,1-2H3. The van der Waals surface area contributed by atoms with Crippen LogP contribution in [-0.2, 0) is 0 Å². The van der Waals surface area contributed by atoms with E-state index in [-0.39, 0.29) is 12.5 Å². The Kier molecular flexibility index (Phi) is 4.36. The average molecular weight is 271 g/mol. The molecule has 0 amide bonds. The number of benzene rings is 1. The summed E-state index contributed by atoms with van der Waals surface area (Å²) in [5.41, 5.74) is 0.884. The third kappa shape index (κ3) is 3.09. The summed E-state index contributed by atoms with van der Waals surface area (Å²) in [5.74, 6) is 2.03. The van der Waals surface area contributed by atoms with Crippen LogP contribution in [0.4, 0.5) is 0 Å². The summed E-state index contributed by atoms with van der Waals surface area (Å²) in [7, 11) is 1.61. The van der Waals surface area contributed by atoms with Crippen molar-refractivity contribution in [3.63, 3.8) is 0 Å². The molecule has 1 fully saturated rings. The lowest BCUT2D eigenvalue weighted by Crippen LogP contribution is -2.04. The number of hydrogen-bond donors (Lipinski definition) is 1. The van der Waals surface area contributed by atoms with Gasteiger partial charge >= 0.3 is 0 Å². The SMILES string of the molecule is COc1cc(C(C)CO)c(Cl)cc1OCC1CC1. The van der Waals surface area contributed by atoms with Crippen LogP contribution in [0.15, 0.2) is 12.1 Å². The van der Waals surface area contributed by atoms with Gasteiger partial charge in [-0.05, 0) is 30.4 Å². The lowest BCUT2D eigenvalue weighted by Gasteiger charge is -2.16. The number of aliphatic hydroxyl groups excluding tert-OH is 1. The molecule has 3 nitrogen and oxygen atoms in total. The molecule has 1 unspecified atom stereocenters. The fraction of sp³-hybridized carbons (Fsp3) is 0.571. The highest BCUT2D eigenvalue weighted by atomic mass is 35.5. The van der Waals surface area contributed by atoms with E-state index >= 15 is 0 Å². The molecule has 1 aromatic carbocycles. The van der Waals surface area contributed by atoms with Crippen LogP contribution >= 0.6 is 11.6 Å². The van der Waals surface area contributed by atoms with Gasteiger partial charge in [0.25, 0.3) is 0 Å². The Morgan fingerprint density at radius 2 is 2.11 bits per heavy atom. The molecule has 0 saturated heterocycles. The molecule has 100 valence electrons. The maximum absolute atomic E-state index is 9.20. The van der Waals surface area contributed by atoms with E-state index in [2.05, 4.69) is 0 Å². The van der Waals surface area contributed by atoms with Crippen LogP contribution in [0.3, 0.4) is 0 Å². The number of halogens is 1. The van der Waals surface area contributed by atoms with Gasteiger partial charge < -0.3 is 14.6 Å². The predicted octanol–water partition coefficient (Wildman–Crippen LogP) is 3.23. The molecule has 4 heteroatoms. The first-order chi connectivity index (χ1) is 8.65. The second-order valence-corrected chi connectivity index (χ2v) is 5.27. The Bertz CT molecular complexity index is 416. The minimum atomic E-state index is -0.0103. The van der Waals surface area contributed by atoms with Gasteiger partial charge in [0.2, 0.25) is 0 Å². The highest BCUT2D eigenvalue weighted by Gasteiger charge is 2.23. The van der Waals surface area contributed by atoms with Crippen molar-refractivity contribution in [2.45, 2.75) is 25.7 Å². The van der Waals surface area contributed by atoms with Crippen LogP contribution < -0.4 is 9.47 Å². The lowest BCUT2D eigenvalue weighted by molar-refractivity contribution is 0.270. The summed E-state index contributed by atoms with van der Waals surface area (Å²) in [6.07, 6.45) is 2.49. The molecular weight excluding hydrogens is 252 g/mol. The normalized spacial score (nSPS) is 16.4. The molecule has 1 N–H and O–H groups in total. The second-order valence-electron chi connectivity index (χ2n) is 4.86. The molecular formula is C14H19ClO3. The third-order valence-corrected chi connectivity index (χ3v) is 3.59. The molecule has 18 heavy (non-hydrogen) atoms. The van der Waals surface area contributed by atoms with E-state index in [9.17, 15) is 5.11 Å². The van der Waals surface area contributed by atoms with E-state index in [4.69, 9.17) is 21.1 Å². The first kappa shape index (κ1) is 13.5. The molecule has 0 aromatic heterocycles. The molecule has 0 spiro atoms. The zero-order valence-electron chi connectivity index (χ0n) is 10.8. The summed E-state index contributed by atoms with van der Waals surface area (Å²) in [4.78, 5) is 0. The van der Waals surface area contributed by atoms with Crippen LogP contribution in [0, 0.1) is 5.92 Å². The van der Waals surface area contributed by atoms with E-state index in [0.29, 0.717) is 22.4 Å². The van der Waals surface area contributed by atoms with Gasteiger partial charge in [0.15, 0.2) is 11.5 Å². The maximum atomic E-state index is 9.20. The summed E-state index contributed by atoms with van der Waals surface area (Å²) >= 11 is 6.22. The average Bonchev–Trinajstić information content (AvgIpc) is 3.19. The molecule has 1 aliphatic carbocycles. The number of rotatable bonds is 6. The van der Waals surface area contributed by atoms with Gasteiger partial charge in [0.1, 0.15) is 0 Å². The first-order valence-electron chi connectivity index (χ1n) is 6.26. The third-order valence-electron chi connectivity index (χ3n) is 3.26. The zero-order valence-corrected chi connectivity index (χ0v) is 11.5. The largest absolute Gasteiger partial charge is 0.493 e. The number of aliphatic hydroxyl groups is 1. The Labute approximate surface area is 113 Å². The lowest BCUT2D eigenvalue weighted by atomic mass is 10.0. The minimum absolute atomic E-state index is 0.0103. The molecule has 2 rings (SSSR count). The van der Waals surface area contributed by atoms with Crippen LogP contribution in [0.5, 0.6) is 11.5 Å². The molecule has 0 bridgehead atoms. The monoisotopic (exact) mass is 270 g/mol. The molecule has 1 atom stereocenters. The van der Waals surface area contributed by atoms with Crippen molar-refractivity contribution >= 4 is 11.6 Å². The Balaban J connectivity index is 2.20. The highest BCUT2D eigenvalue weighted by Crippen LogP contribution is 2.38. The number of ether oxygens (including phenoxy) is 2. The van der Waals surface area contributed by atoms with Gasteiger partial charge in [-0.15, -0.1) is 0 Å². The first-order valence-corrected chi connectivity index (χ1v) is 6.64. The molecule has 1 saturated carbocycles. The van der Waals surface area contributed by atoms with Crippen molar-refractivity contribution in [2.24, 2.45) is 5.92 Å². The van der Waals surface area contributed by atoms with Gasteiger partial charge in [0.05, 0.1) is 13.7 Å². The Morgan fingerprint density at radius 1 is 1.39 bits per heavy atom. The van der Waals surface area contributed by atoms with E-state index in [0.717, 1.165) is 12.2 Å². The van der Waals surface area contributed by atoms with E-state index < -0.39 is 0 Å². The summed E-state index contributed by atoms with van der Waals surface area (Å²) in [5, 5.41) is 9.81. The van der Waals surface area contributed by atoms with Gasteiger partial charge in [0, 0.05) is 23.6 Å². The summed E-state index contributed by atoms with van der Waals surface area (Å²) in [6.45, 7) is 2.71. The fourth-order valence-electron chi connectivity index (χ4n) is 1.79. The second kappa shape index (κ2) is 5.81. The zero-order chi connectivity index (χ0) is 13.1. The molecule has 1 aliphatic rings. The van der Waals surface area contributed by atoms with Crippen molar-refractivity contribution in [1.82, 2.24) is 0 Å². The van der Waals surface area contributed by atoms with Gasteiger partial charge in [-0.25, -0.2) is 0 Å². The van der Waals surface area contributed by atoms with Crippen LogP contribution in [0.25, 0.3) is 0 Å². The quantitative estimate of drug-likeness (QED) is 0.863. The van der Waals surface area contributed by atoms with Crippen molar-refractivity contribution in [2.75, 3.05) is 20.3 Å². The van der Waals surface area contributed by atoms with E-state index in [1.165, 1.54) is 12.8 Å². The molecule has 1 aromatic rings. The van der Waals surface area contributed by atoms with E-state index in [1.807, 2.05) is 13.0 Å². The van der Waals surface area contributed by atoms with Gasteiger partial charge in [-0.1, -0.05) is 18.5 Å². The Hall–Kier alpha value is -0.930. The topological polar surface area (TPSA) is 38.7 Å². The van der Waals surface area contributed by atoms with Crippen LogP contribution in [-0.4, -0.2) is 25.4 Å². The fourth-order valence-corrected chi connectivity index (χ4v) is 2.13. The van der Waals surface area contributed by atoms with Crippen molar-refractivity contribution in [3.8, 4) is 11.5 Å². The van der Waals surface area contributed by atoms with Crippen molar-refractivity contribution in [1.29, 1.82) is 0 Å². The molecule has 0 heterocycles. The van der Waals surface area contributed by atoms with Crippen molar-refractivity contribution < 1.29 is 14.6 Å². The maximum Gasteiger partial charge on any atom is 0.162 e.